The van der Waals surface area contributed by atoms with Crippen molar-refractivity contribution < 1.29 is 14.0 Å². The molecule has 78 valence electrons. The number of benzene rings is 1. The monoisotopic (exact) mass is 207 g/mol. The van der Waals surface area contributed by atoms with E-state index in [2.05, 4.69) is 11.9 Å². The average molecular weight is 207 g/mol. The molecule has 1 aromatic rings. The molecule has 0 aliphatic rings. The molecule has 0 aliphatic heterocycles. The molecule has 0 saturated carbocycles. The van der Waals surface area contributed by atoms with Gasteiger partial charge in [-0.25, -0.2) is 4.39 Å². The molecule has 0 unspecified atom stereocenters. The van der Waals surface area contributed by atoms with E-state index in [4.69, 9.17) is 0 Å². The molecule has 1 aromatic carbocycles. The van der Waals surface area contributed by atoms with Gasteiger partial charge in [-0.15, -0.1) is 0 Å². The fourth-order valence-corrected chi connectivity index (χ4v) is 1.02. The van der Waals surface area contributed by atoms with E-state index in [0.29, 0.717) is 0 Å². The van der Waals surface area contributed by atoms with Gasteiger partial charge in [0.25, 0.3) is 0 Å². The van der Waals surface area contributed by atoms with Crippen molar-refractivity contribution in [2.75, 3.05) is 6.54 Å². The normalized spacial score (nSPS) is 9.40. The van der Waals surface area contributed by atoms with Crippen molar-refractivity contribution in [1.82, 2.24) is 5.32 Å². The van der Waals surface area contributed by atoms with Crippen LogP contribution in [0.5, 0.6) is 0 Å². The number of rotatable bonds is 4. The van der Waals surface area contributed by atoms with E-state index in [1.807, 2.05) is 0 Å². The van der Waals surface area contributed by atoms with Crippen molar-refractivity contribution in [3.63, 3.8) is 0 Å². The Labute approximate surface area is 86.6 Å². The van der Waals surface area contributed by atoms with Crippen molar-refractivity contribution in [2.45, 2.75) is 0 Å². The second-order valence-corrected chi connectivity index (χ2v) is 2.82. The highest BCUT2D eigenvalue weighted by molar-refractivity contribution is 6.00. The van der Waals surface area contributed by atoms with Crippen LogP contribution in [0.2, 0.25) is 0 Å². The summed E-state index contributed by atoms with van der Waals surface area (Å²) in [7, 11) is 0. The zero-order chi connectivity index (χ0) is 11.3. The Morgan fingerprint density at radius 2 is 2.07 bits per heavy atom. The lowest BCUT2D eigenvalue weighted by Crippen LogP contribution is -2.28. The van der Waals surface area contributed by atoms with Crippen LogP contribution < -0.4 is 5.32 Å². The van der Waals surface area contributed by atoms with Gasteiger partial charge < -0.3 is 5.32 Å². The lowest BCUT2D eigenvalue weighted by molar-refractivity contribution is -0.116. The van der Waals surface area contributed by atoms with Gasteiger partial charge in [0, 0.05) is 0 Å². The van der Waals surface area contributed by atoms with Gasteiger partial charge in [0.05, 0.1) is 12.1 Å². The number of hydrogen-bond acceptors (Lipinski definition) is 2. The highest BCUT2D eigenvalue weighted by atomic mass is 19.1. The summed E-state index contributed by atoms with van der Waals surface area (Å²) < 4.78 is 13.1. The zero-order valence-corrected chi connectivity index (χ0v) is 8.00. The molecule has 0 atom stereocenters. The fourth-order valence-electron chi connectivity index (χ4n) is 1.02. The maximum Gasteiger partial charge on any atom is 0.243 e. The molecule has 4 heteroatoms. The third kappa shape index (κ3) is 3.02. The van der Waals surface area contributed by atoms with Crippen LogP contribution in [-0.4, -0.2) is 18.2 Å². The topological polar surface area (TPSA) is 46.2 Å². The standard InChI is InChI=1S/C11H10FNO2/c1-2-11(15)13-7-10(14)8-5-3-4-6-9(8)12/h2-6H,1,7H2,(H,13,15). The molecule has 0 radical (unpaired) electrons. The third-order valence-electron chi connectivity index (χ3n) is 1.78. The molecule has 3 nitrogen and oxygen atoms in total. The Bertz CT molecular complexity index is 401. The second kappa shape index (κ2) is 5.05. The Morgan fingerprint density at radius 1 is 1.40 bits per heavy atom. The summed E-state index contributed by atoms with van der Waals surface area (Å²) in [6.45, 7) is 3.00. The van der Waals surface area contributed by atoms with Crippen molar-refractivity contribution in [1.29, 1.82) is 0 Å². The van der Waals surface area contributed by atoms with Crippen LogP contribution in [-0.2, 0) is 4.79 Å². The van der Waals surface area contributed by atoms with E-state index >= 15 is 0 Å². The summed E-state index contributed by atoms with van der Waals surface area (Å²) >= 11 is 0. The molecule has 15 heavy (non-hydrogen) atoms. The molecule has 0 spiro atoms. The zero-order valence-electron chi connectivity index (χ0n) is 8.00. The predicted octanol–water partition coefficient (Wildman–Crippen LogP) is 1.31. The number of hydrogen-bond donors (Lipinski definition) is 1. The number of ketones is 1. The first-order chi connectivity index (χ1) is 7.15. The number of carbonyl (C=O) groups is 2. The summed E-state index contributed by atoms with van der Waals surface area (Å²) in [5, 5.41) is 2.28. The molecule has 1 rings (SSSR count). The number of amides is 1. The van der Waals surface area contributed by atoms with Gasteiger partial charge >= 0.3 is 0 Å². The van der Waals surface area contributed by atoms with Crippen LogP contribution in [0.4, 0.5) is 4.39 Å². The van der Waals surface area contributed by atoms with Crippen LogP contribution in [0.1, 0.15) is 10.4 Å². The van der Waals surface area contributed by atoms with Gasteiger partial charge in [-0.2, -0.15) is 0 Å². The Kier molecular flexibility index (Phi) is 3.74. The molecular formula is C11H10FNO2. The van der Waals surface area contributed by atoms with E-state index in [-0.39, 0.29) is 12.1 Å². The minimum Gasteiger partial charge on any atom is -0.345 e. The highest BCUT2D eigenvalue weighted by Crippen LogP contribution is 2.06. The molecule has 0 aromatic heterocycles. The molecule has 0 fully saturated rings. The minimum atomic E-state index is -0.588. The molecule has 0 bridgehead atoms. The Morgan fingerprint density at radius 3 is 2.67 bits per heavy atom. The molecule has 1 amide bonds. The molecular weight excluding hydrogens is 197 g/mol. The first kappa shape index (κ1) is 11.1. The Hall–Kier alpha value is -1.97. The number of Topliss-reactive ketones (excluding diaryl/α,β-unsaturated/α-hetero) is 1. The van der Waals surface area contributed by atoms with Gasteiger partial charge in [-0.3, -0.25) is 9.59 Å². The number of halogens is 1. The van der Waals surface area contributed by atoms with Crippen molar-refractivity contribution in [3.8, 4) is 0 Å². The average Bonchev–Trinajstić information content (AvgIpc) is 2.26. The van der Waals surface area contributed by atoms with Gasteiger partial charge in [0.1, 0.15) is 5.82 Å². The lowest BCUT2D eigenvalue weighted by Gasteiger charge is -2.02. The third-order valence-corrected chi connectivity index (χ3v) is 1.78. The van der Waals surface area contributed by atoms with Gasteiger partial charge in [-0.05, 0) is 18.2 Å². The summed E-state index contributed by atoms with van der Waals surface area (Å²) in [5.41, 5.74) is -0.0261. The lowest BCUT2D eigenvalue weighted by atomic mass is 10.1. The predicted molar refractivity (Wildman–Crippen MR) is 53.9 cm³/mol. The van der Waals surface area contributed by atoms with Crippen molar-refractivity contribution in [3.05, 3.63) is 48.3 Å². The molecule has 0 saturated heterocycles. The van der Waals surface area contributed by atoms with Crippen LogP contribution >= 0.6 is 0 Å². The maximum absolute atomic E-state index is 13.1. The molecule has 0 aliphatic carbocycles. The summed E-state index contributed by atoms with van der Waals surface area (Å²) in [5.74, 6) is -1.52. The smallest absolute Gasteiger partial charge is 0.243 e. The first-order valence-corrected chi connectivity index (χ1v) is 4.33. The SMILES string of the molecule is C=CC(=O)NCC(=O)c1ccccc1F. The van der Waals surface area contributed by atoms with Crippen LogP contribution in [0.3, 0.4) is 0 Å². The van der Waals surface area contributed by atoms with E-state index < -0.39 is 17.5 Å². The van der Waals surface area contributed by atoms with Crippen LogP contribution in [0.25, 0.3) is 0 Å². The van der Waals surface area contributed by atoms with Crippen LogP contribution in [0, 0.1) is 5.82 Å². The van der Waals surface area contributed by atoms with Crippen molar-refractivity contribution in [2.24, 2.45) is 0 Å². The van der Waals surface area contributed by atoms with Crippen molar-refractivity contribution >= 4 is 11.7 Å². The number of carbonyl (C=O) groups excluding carboxylic acids is 2. The minimum absolute atomic E-state index is 0.0261. The molecule has 0 heterocycles. The maximum atomic E-state index is 13.1. The van der Waals surface area contributed by atoms with Gasteiger partial charge in [-0.1, -0.05) is 18.7 Å². The number of nitrogens with one attached hydrogen (secondary N) is 1. The summed E-state index contributed by atoms with van der Waals surface area (Å²) in [6, 6.07) is 5.63. The summed E-state index contributed by atoms with van der Waals surface area (Å²) in [4.78, 5) is 22.2. The fraction of sp³-hybridized carbons (Fsp3) is 0.0909. The first-order valence-electron chi connectivity index (χ1n) is 4.33. The largest absolute Gasteiger partial charge is 0.345 e. The van der Waals surface area contributed by atoms with Crippen LogP contribution in [0.15, 0.2) is 36.9 Å². The molecule has 1 N–H and O–H groups in total. The highest BCUT2D eigenvalue weighted by Gasteiger charge is 2.10. The van der Waals surface area contributed by atoms with E-state index in [1.54, 1.807) is 6.07 Å². The van der Waals surface area contributed by atoms with Gasteiger partial charge in [0.2, 0.25) is 5.91 Å². The quantitative estimate of drug-likeness (QED) is 0.597. The Balaban J connectivity index is 2.66. The summed E-state index contributed by atoms with van der Waals surface area (Å²) in [6.07, 6.45) is 1.05. The van der Waals surface area contributed by atoms with E-state index in [0.717, 1.165) is 6.08 Å². The van der Waals surface area contributed by atoms with E-state index in [1.165, 1.54) is 18.2 Å². The van der Waals surface area contributed by atoms with E-state index in [9.17, 15) is 14.0 Å². The van der Waals surface area contributed by atoms with Gasteiger partial charge in [0.15, 0.2) is 5.78 Å². The second-order valence-electron chi connectivity index (χ2n) is 2.82.